The molecule has 3 aromatic rings. The lowest BCUT2D eigenvalue weighted by atomic mass is 10.1. The summed E-state index contributed by atoms with van der Waals surface area (Å²) in [7, 11) is 0. The monoisotopic (exact) mass is 389 g/mol. The fourth-order valence-electron chi connectivity index (χ4n) is 2.88. The summed E-state index contributed by atoms with van der Waals surface area (Å²) in [6, 6.07) is 18.4. The maximum Gasteiger partial charge on any atom is 0.344 e. The molecule has 1 aromatic heterocycles. The molecule has 0 fully saturated rings. The van der Waals surface area contributed by atoms with E-state index in [1.54, 1.807) is 12.1 Å². The molecule has 0 bridgehead atoms. The summed E-state index contributed by atoms with van der Waals surface area (Å²) in [5.74, 6) is -0.524. The fraction of sp³-hybridized carbons (Fsp3) is 0.167. The van der Waals surface area contributed by atoms with Gasteiger partial charge in [0.05, 0.1) is 5.69 Å². The zero-order chi connectivity index (χ0) is 20.8. The summed E-state index contributed by atoms with van der Waals surface area (Å²) in [4.78, 5) is 23.7. The van der Waals surface area contributed by atoms with Crippen molar-refractivity contribution in [1.82, 2.24) is 4.57 Å². The largest absolute Gasteiger partial charge is 0.479 e. The van der Waals surface area contributed by atoms with Crippen molar-refractivity contribution in [3.63, 3.8) is 0 Å². The molecule has 0 aliphatic rings. The number of carbonyl (C=O) groups is 2. The smallest absolute Gasteiger partial charge is 0.344 e. The number of hydrogen-bond acceptors (Lipinski definition) is 3. The van der Waals surface area contributed by atoms with E-state index >= 15 is 0 Å². The summed E-state index contributed by atoms with van der Waals surface area (Å²) in [6.07, 6.45) is 4.83. The van der Waals surface area contributed by atoms with Gasteiger partial charge in [0, 0.05) is 18.3 Å². The van der Waals surface area contributed by atoms with Crippen LogP contribution in [0.5, 0.6) is 5.75 Å². The minimum atomic E-state index is -1.01. The van der Waals surface area contributed by atoms with Crippen LogP contribution in [0, 0.1) is 6.92 Å². The average Bonchev–Trinajstić information content (AvgIpc) is 3.17. The quantitative estimate of drug-likeness (QED) is 0.572. The lowest BCUT2D eigenvalue weighted by molar-refractivity contribution is -0.144. The van der Waals surface area contributed by atoms with Crippen molar-refractivity contribution in [2.24, 2.45) is 0 Å². The molecule has 5 heteroatoms. The number of aryl methyl sites for hydroxylation is 1. The van der Waals surface area contributed by atoms with Crippen LogP contribution in [0.4, 0.5) is 0 Å². The van der Waals surface area contributed by atoms with Gasteiger partial charge in [0.1, 0.15) is 5.75 Å². The Morgan fingerprint density at radius 1 is 1.10 bits per heavy atom. The van der Waals surface area contributed by atoms with E-state index in [0.29, 0.717) is 23.6 Å². The zero-order valence-electron chi connectivity index (χ0n) is 16.4. The van der Waals surface area contributed by atoms with Gasteiger partial charge in [-0.3, -0.25) is 4.79 Å². The van der Waals surface area contributed by atoms with E-state index in [0.717, 1.165) is 11.1 Å². The Balaban J connectivity index is 1.69. The molecule has 0 spiro atoms. The maximum atomic E-state index is 12.8. The molecule has 0 radical (unpaired) electrons. The van der Waals surface area contributed by atoms with Crippen molar-refractivity contribution < 1.29 is 19.4 Å². The number of aromatic nitrogens is 1. The third kappa shape index (κ3) is 5.23. The van der Waals surface area contributed by atoms with Crippen molar-refractivity contribution in [1.29, 1.82) is 0 Å². The summed E-state index contributed by atoms with van der Waals surface area (Å²) in [5.41, 5.74) is 3.30. The Hall–Kier alpha value is -3.60. The van der Waals surface area contributed by atoms with Gasteiger partial charge < -0.3 is 14.4 Å². The van der Waals surface area contributed by atoms with Crippen LogP contribution in [0.3, 0.4) is 0 Å². The highest BCUT2D eigenvalue weighted by Gasteiger charge is 2.13. The van der Waals surface area contributed by atoms with Crippen LogP contribution >= 0.6 is 0 Å². The second-order valence-electron chi connectivity index (χ2n) is 6.81. The van der Waals surface area contributed by atoms with Crippen LogP contribution in [0.2, 0.25) is 0 Å². The molecule has 0 saturated carbocycles. The summed E-state index contributed by atoms with van der Waals surface area (Å²) in [6.45, 7) is 4.02. The molecule has 2 aromatic carbocycles. The van der Waals surface area contributed by atoms with Crippen LogP contribution < -0.4 is 4.74 Å². The highest BCUT2D eigenvalue weighted by molar-refractivity contribution is 6.08. The Labute approximate surface area is 169 Å². The van der Waals surface area contributed by atoms with Gasteiger partial charge in [0.2, 0.25) is 5.78 Å². The van der Waals surface area contributed by atoms with Crippen molar-refractivity contribution in [3.8, 4) is 5.75 Å². The molecular weight excluding hydrogens is 366 g/mol. The molecule has 0 aliphatic carbocycles. The lowest BCUT2D eigenvalue weighted by Gasteiger charge is -2.10. The number of carboxylic acids is 1. The molecule has 0 unspecified atom stereocenters. The predicted octanol–water partition coefficient (Wildman–Crippen LogP) is 4.59. The van der Waals surface area contributed by atoms with E-state index in [9.17, 15) is 9.59 Å². The van der Waals surface area contributed by atoms with Crippen LogP contribution in [0.15, 0.2) is 72.9 Å². The molecule has 1 N–H and O–H groups in total. The second-order valence-corrected chi connectivity index (χ2v) is 6.81. The number of carboxylic acid groups (broad SMARTS) is 1. The van der Waals surface area contributed by atoms with E-state index in [1.807, 2.05) is 78.4 Å². The third-order valence-electron chi connectivity index (χ3n) is 4.51. The summed E-state index contributed by atoms with van der Waals surface area (Å²) >= 11 is 0. The number of nitrogens with zero attached hydrogens (tertiary/aromatic N) is 1. The minimum Gasteiger partial charge on any atom is -0.479 e. The Bertz CT molecular complexity index is 1030. The van der Waals surface area contributed by atoms with Crippen LogP contribution in [-0.4, -0.2) is 27.5 Å². The molecule has 29 heavy (non-hydrogen) atoms. The molecular formula is C24H23NO4. The van der Waals surface area contributed by atoms with E-state index in [-0.39, 0.29) is 5.78 Å². The molecule has 1 atom stereocenters. The van der Waals surface area contributed by atoms with Gasteiger partial charge in [0.25, 0.3) is 0 Å². The van der Waals surface area contributed by atoms with Crippen LogP contribution in [0.1, 0.15) is 34.1 Å². The number of ketones is 1. The van der Waals surface area contributed by atoms with Crippen molar-refractivity contribution in [3.05, 3.63) is 95.3 Å². The van der Waals surface area contributed by atoms with Crippen molar-refractivity contribution in [2.75, 3.05) is 0 Å². The predicted molar refractivity (Wildman–Crippen MR) is 112 cm³/mol. The molecule has 0 amide bonds. The minimum absolute atomic E-state index is 0.0125. The SMILES string of the molecule is Cc1ccc(C(=O)c2cccn2C/C=C/c2cccc(O[C@H](C)C(=O)O)c2)cc1. The van der Waals surface area contributed by atoms with Crippen LogP contribution in [0.25, 0.3) is 6.08 Å². The third-order valence-corrected chi connectivity index (χ3v) is 4.51. The van der Waals surface area contributed by atoms with E-state index in [1.165, 1.54) is 6.92 Å². The van der Waals surface area contributed by atoms with Gasteiger partial charge in [-0.25, -0.2) is 4.79 Å². The molecule has 3 rings (SSSR count). The Kier molecular flexibility index (Phi) is 6.29. The molecule has 5 nitrogen and oxygen atoms in total. The lowest BCUT2D eigenvalue weighted by Crippen LogP contribution is -2.22. The average molecular weight is 389 g/mol. The Morgan fingerprint density at radius 2 is 1.86 bits per heavy atom. The van der Waals surface area contributed by atoms with Crippen LogP contribution in [-0.2, 0) is 11.3 Å². The Morgan fingerprint density at radius 3 is 2.59 bits per heavy atom. The highest BCUT2D eigenvalue weighted by Crippen LogP contribution is 2.17. The zero-order valence-corrected chi connectivity index (χ0v) is 16.4. The van der Waals surface area contributed by atoms with Gasteiger partial charge in [-0.05, 0) is 43.7 Å². The van der Waals surface area contributed by atoms with Gasteiger partial charge >= 0.3 is 5.97 Å². The first-order chi connectivity index (χ1) is 13.9. The number of allylic oxidation sites excluding steroid dienone is 1. The number of hydrogen-bond donors (Lipinski definition) is 1. The van der Waals surface area contributed by atoms with Gasteiger partial charge in [-0.2, -0.15) is 0 Å². The first-order valence-corrected chi connectivity index (χ1v) is 9.36. The summed E-state index contributed by atoms with van der Waals surface area (Å²) in [5, 5.41) is 8.96. The first kappa shape index (κ1) is 20.1. The fourth-order valence-corrected chi connectivity index (χ4v) is 2.88. The normalized spacial score (nSPS) is 12.1. The number of aliphatic carboxylic acids is 1. The maximum absolute atomic E-state index is 12.8. The summed E-state index contributed by atoms with van der Waals surface area (Å²) < 4.78 is 7.29. The van der Waals surface area contributed by atoms with E-state index in [2.05, 4.69) is 0 Å². The number of benzene rings is 2. The molecule has 148 valence electrons. The first-order valence-electron chi connectivity index (χ1n) is 9.36. The van der Waals surface area contributed by atoms with Crippen molar-refractivity contribution in [2.45, 2.75) is 26.5 Å². The van der Waals surface area contributed by atoms with Gasteiger partial charge in [-0.1, -0.05) is 54.1 Å². The second kappa shape index (κ2) is 9.06. The molecule has 0 aliphatic heterocycles. The standard InChI is InChI=1S/C24H23NO4/c1-17-10-12-20(13-11-17)23(26)22-9-5-15-25(22)14-4-7-19-6-3-8-21(16-19)29-18(2)24(27)28/h3-13,15-16,18H,14H2,1-2H3,(H,27,28)/b7-4+/t18-/m1/s1. The highest BCUT2D eigenvalue weighted by atomic mass is 16.5. The topological polar surface area (TPSA) is 68.5 Å². The number of carbonyl (C=O) groups excluding carboxylic acids is 1. The molecule has 0 saturated heterocycles. The number of rotatable bonds is 8. The number of ether oxygens (including phenoxy) is 1. The van der Waals surface area contributed by atoms with Gasteiger partial charge in [-0.15, -0.1) is 0 Å². The van der Waals surface area contributed by atoms with E-state index in [4.69, 9.17) is 9.84 Å². The van der Waals surface area contributed by atoms with Gasteiger partial charge in [0.15, 0.2) is 6.10 Å². The van der Waals surface area contributed by atoms with Crippen molar-refractivity contribution >= 4 is 17.8 Å². The van der Waals surface area contributed by atoms with E-state index < -0.39 is 12.1 Å². The molecule has 1 heterocycles.